The Balaban J connectivity index is 2.17. The van der Waals surface area contributed by atoms with E-state index >= 15 is 0 Å². The zero-order chi connectivity index (χ0) is 14.0. The molecule has 6 heteroatoms. The van der Waals surface area contributed by atoms with Gasteiger partial charge in [-0.3, -0.25) is 4.79 Å². The predicted molar refractivity (Wildman–Crippen MR) is 66.7 cm³/mol. The van der Waals surface area contributed by atoms with Gasteiger partial charge in [-0.15, -0.1) is 0 Å². The highest BCUT2D eigenvalue weighted by atomic mass is 16.5. The van der Waals surface area contributed by atoms with Gasteiger partial charge in [-0.25, -0.2) is 4.79 Å². The van der Waals surface area contributed by atoms with Gasteiger partial charge in [0.25, 0.3) is 5.91 Å². The first-order valence-electron chi connectivity index (χ1n) is 6.42. The Hall–Kier alpha value is -1.85. The standard InChI is InChI=1S/C13H18N2O4/c1-8-4-3-5-13(7-8,12(17)18)14-11(16)10-6-9(2)15-19-10/h6,8H,3-5,7H2,1-2H3,(H,14,16)(H,17,18). The van der Waals surface area contributed by atoms with E-state index in [1.807, 2.05) is 6.92 Å². The van der Waals surface area contributed by atoms with Crippen molar-refractivity contribution in [1.82, 2.24) is 10.5 Å². The number of hydrogen-bond donors (Lipinski definition) is 2. The summed E-state index contributed by atoms with van der Waals surface area (Å²) in [4.78, 5) is 23.6. The molecule has 1 aromatic heterocycles. The second kappa shape index (κ2) is 5.03. The molecule has 104 valence electrons. The number of nitrogens with one attached hydrogen (secondary N) is 1. The molecular weight excluding hydrogens is 248 g/mol. The van der Waals surface area contributed by atoms with Gasteiger partial charge in [0, 0.05) is 6.07 Å². The van der Waals surface area contributed by atoms with E-state index in [0.29, 0.717) is 18.5 Å². The molecule has 6 nitrogen and oxygen atoms in total. The molecular formula is C13H18N2O4. The van der Waals surface area contributed by atoms with Crippen LogP contribution in [0.1, 0.15) is 48.9 Å². The van der Waals surface area contributed by atoms with Crippen LogP contribution in [0, 0.1) is 12.8 Å². The van der Waals surface area contributed by atoms with Crippen LogP contribution in [0.3, 0.4) is 0 Å². The average Bonchev–Trinajstić information content (AvgIpc) is 2.75. The lowest BCUT2D eigenvalue weighted by molar-refractivity contribution is -0.146. The van der Waals surface area contributed by atoms with Gasteiger partial charge < -0.3 is 14.9 Å². The van der Waals surface area contributed by atoms with Crippen LogP contribution in [0.2, 0.25) is 0 Å². The number of carbonyl (C=O) groups is 2. The van der Waals surface area contributed by atoms with Gasteiger partial charge in [-0.05, 0) is 25.7 Å². The number of carbonyl (C=O) groups excluding carboxylic acids is 1. The summed E-state index contributed by atoms with van der Waals surface area (Å²) in [5.41, 5.74) is -0.596. The zero-order valence-corrected chi connectivity index (χ0v) is 11.1. The van der Waals surface area contributed by atoms with Crippen LogP contribution in [-0.2, 0) is 4.79 Å². The Morgan fingerprint density at radius 2 is 2.32 bits per heavy atom. The fraction of sp³-hybridized carbons (Fsp3) is 0.615. The molecule has 19 heavy (non-hydrogen) atoms. The number of amides is 1. The molecule has 1 aliphatic rings. The highest BCUT2D eigenvalue weighted by Crippen LogP contribution is 2.32. The lowest BCUT2D eigenvalue weighted by Gasteiger charge is -2.36. The number of aryl methyl sites for hydroxylation is 1. The van der Waals surface area contributed by atoms with Crippen molar-refractivity contribution in [3.63, 3.8) is 0 Å². The van der Waals surface area contributed by atoms with Crippen molar-refractivity contribution in [3.05, 3.63) is 17.5 Å². The molecule has 1 heterocycles. The average molecular weight is 266 g/mol. The molecule has 1 saturated carbocycles. The topological polar surface area (TPSA) is 92.4 Å². The summed E-state index contributed by atoms with van der Waals surface area (Å²) in [5.74, 6) is -1.17. The number of rotatable bonds is 3. The summed E-state index contributed by atoms with van der Waals surface area (Å²) >= 11 is 0. The van der Waals surface area contributed by atoms with Crippen LogP contribution in [-0.4, -0.2) is 27.7 Å². The Bertz CT molecular complexity index is 497. The molecule has 2 rings (SSSR count). The molecule has 0 bridgehead atoms. The summed E-state index contributed by atoms with van der Waals surface area (Å²) in [7, 11) is 0. The minimum atomic E-state index is -1.19. The van der Waals surface area contributed by atoms with Crippen molar-refractivity contribution in [1.29, 1.82) is 0 Å². The first kappa shape index (κ1) is 13.6. The smallest absolute Gasteiger partial charge is 0.329 e. The SMILES string of the molecule is Cc1cc(C(=O)NC2(C(=O)O)CCCC(C)C2)on1. The molecule has 2 N–H and O–H groups in total. The maximum Gasteiger partial charge on any atom is 0.329 e. The van der Waals surface area contributed by atoms with Crippen LogP contribution < -0.4 is 5.32 Å². The van der Waals surface area contributed by atoms with E-state index in [1.165, 1.54) is 6.07 Å². The Labute approximate surface area is 111 Å². The van der Waals surface area contributed by atoms with E-state index in [9.17, 15) is 14.7 Å². The first-order chi connectivity index (χ1) is 8.93. The lowest BCUT2D eigenvalue weighted by Crippen LogP contribution is -2.56. The van der Waals surface area contributed by atoms with Gasteiger partial charge in [-0.1, -0.05) is 24.9 Å². The maximum atomic E-state index is 12.0. The van der Waals surface area contributed by atoms with Gasteiger partial charge in [-0.2, -0.15) is 0 Å². The maximum absolute atomic E-state index is 12.0. The van der Waals surface area contributed by atoms with E-state index in [4.69, 9.17) is 4.52 Å². The van der Waals surface area contributed by atoms with Crippen molar-refractivity contribution in [3.8, 4) is 0 Å². The second-order valence-corrected chi connectivity index (χ2v) is 5.38. The highest BCUT2D eigenvalue weighted by molar-refractivity contribution is 5.95. The van der Waals surface area contributed by atoms with Crippen molar-refractivity contribution in [2.75, 3.05) is 0 Å². The van der Waals surface area contributed by atoms with Crippen molar-refractivity contribution >= 4 is 11.9 Å². The van der Waals surface area contributed by atoms with Gasteiger partial charge in [0.05, 0.1) is 5.69 Å². The van der Waals surface area contributed by atoms with Crippen LogP contribution >= 0.6 is 0 Å². The summed E-state index contributed by atoms with van der Waals surface area (Å²) in [6.07, 6.45) is 2.68. The van der Waals surface area contributed by atoms with E-state index in [0.717, 1.165) is 12.8 Å². The van der Waals surface area contributed by atoms with Crippen LogP contribution in [0.5, 0.6) is 0 Å². The van der Waals surface area contributed by atoms with Gasteiger partial charge in [0.15, 0.2) is 0 Å². The Morgan fingerprint density at radius 3 is 2.84 bits per heavy atom. The largest absolute Gasteiger partial charge is 0.480 e. The summed E-state index contributed by atoms with van der Waals surface area (Å²) in [6.45, 7) is 3.71. The van der Waals surface area contributed by atoms with Crippen molar-refractivity contribution in [2.24, 2.45) is 5.92 Å². The summed E-state index contributed by atoms with van der Waals surface area (Å²) < 4.78 is 4.86. The van der Waals surface area contributed by atoms with Gasteiger partial charge >= 0.3 is 5.97 Å². The summed E-state index contributed by atoms with van der Waals surface area (Å²) in [6, 6.07) is 1.50. The molecule has 2 unspecified atom stereocenters. The molecule has 1 amide bonds. The minimum absolute atomic E-state index is 0.0522. The number of nitrogens with zero attached hydrogens (tertiary/aromatic N) is 1. The number of aliphatic carboxylic acids is 1. The van der Waals surface area contributed by atoms with E-state index in [2.05, 4.69) is 10.5 Å². The molecule has 0 aromatic carbocycles. The molecule has 0 spiro atoms. The van der Waals surface area contributed by atoms with Crippen molar-refractivity contribution < 1.29 is 19.2 Å². The fourth-order valence-corrected chi connectivity index (χ4v) is 2.66. The molecule has 0 radical (unpaired) electrons. The molecule has 0 aliphatic heterocycles. The monoisotopic (exact) mass is 266 g/mol. The number of carboxylic acid groups (broad SMARTS) is 1. The van der Waals surface area contributed by atoms with Gasteiger partial charge in [0.1, 0.15) is 5.54 Å². The Morgan fingerprint density at radius 1 is 1.58 bits per heavy atom. The normalized spacial score (nSPS) is 26.9. The number of carboxylic acids is 1. The molecule has 1 aliphatic carbocycles. The molecule has 0 saturated heterocycles. The third-order valence-electron chi connectivity index (χ3n) is 3.61. The molecule has 1 fully saturated rings. The quantitative estimate of drug-likeness (QED) is 0.869. The number of aromatic nitrogens is 1. The van der Waals surface area contributed by atoms with Crippen LogP contribution in [0.15, 0.2) is 10.6 Å². The third-order valence-corrected chi connectivity index (χ3v) is 3.61. The summed E-state index contributed by atoms with van der Waals surface area (Å²) in [5, 5.41) is 15.7. The van der Waals surface area contributed by atoms with E-state index in [1.54, 1.807) is 6.92 Å². The minimum Gasteiger partial charge on any atom is -0.480 e. The zero-order valence-electron chi connectivity index (χ0n) is 11.1. The fourth-order valence-electron chi connectivity index (χ4n) is 2.66. The van der Waals surface area contributed by atoms with Crippen LogP contribution in [0.4, 0.5) is 0 Å². The molecule has 2 atom stereocenters. The lowest BCUT2D eigenvalue weighted by atomic mass is 9.76. The van der Waals surface area contributed by atoms with E-state index < -0.39 is 17.4 Å². The third kappa shape index (κ3) is 2.77. The van der Waals surface area contributed by atoms with E-state index in [-0.39, 0.29) is 11.7 Å². The van der Waals surface area contributed by atoms with Crippen molar-refractivity contribution in [2.45, 2.75) is 45.1 Å². The molecule has 1 aromatic rings. The first-order valence-corrected chi connectivity index (χ1v) is 6.42. The van der Waals surface area contributed by atoms with Gasteiger partial charge in [0.2, 0.25) is 5.76 Å². The second-order valence-electron chi connectivity index (χ2n) is 5.38. The predicted octanol–water partition coefficient (Wildman–Crippen LogP) is 1.75. The van der Waals surface area contributed by atoms with Crippen LogP contribution in [0.25, 0.3) is 0 Å². The Kier molecular flexibility index (Phi) is 3.59. The highest BCUT2D eigenvalue weighted by Gasteiger charge is 2.43. The number of hydrogen-bond acceptors (Lipinski definition) is 4.